The number of anilines is 1. The van der Waals surface area contributed by atoms with Crippen LogP contribution in [0.1, 0.15) is 74.7 Å². The summed E-state index contributed by atoms with van der Waals surface area (Å²) in [6.45, 7) is 0. The minimum Gasteiger partial charge on any atom is -0.478 e. The minimum atomic E-state index is -1.25. The molecule has 0 aliphatic heterocycles. The summed E-state index contributed by atoms with van der Waals surface area (Å²) in [5, 5.41) is 12.6. The zero-order valence-electron chi connectivity index (χ0n) is 21.3. The third-order valence-corrected chi connectivity index (χ3v) is 13.9. The normalized spacial score (nSPS) is 13.9. The SMILES string of the molecule is O=C(CSc1nc2ccc(NC(=O)c3c(Br)c(Br)c(Br)c(Br)c3C(=O)O)cc2s1)c1ccc(C2CCCCC2)cc1. The van der Waals surface area contributed by atoms with Gasteiger partial charge in [-0.2, -0.15) is 0 Å². The molecule has 0 unspecified atom stereocenters. The van der Waals surface area contributed by atoms with Crippen LogP contribution in [0.2, 0.25) is 0 Å². The Morgan fingerprint density at radius 2 is 1.56 bits per heavy atom. The number of Topliss-reactive ketones (excluding diaryl/α,β-unsaturated/α-hetero) is 1. The number of thiazole rings is 1. The summed E-state index contributed by atoms with van der Waals surface area (Å²) in [5.41, 5.74) is 3.09. The Morgan fingerprint density at radius 3 is 2.22 bits per heavy atom. The first kappa shape index (κ1) is 30.9. The smallest absolute Gasteiger partial charge is 0.337 e. The van der Waals surface area contributed by atoms with Gasteiger partial charge in [0.15, 0.2) is 10.1 Å². The molecule has 0 saturated heterocycles. The van der Waals surface area contributed by atoms with Gasteiger partial charge in [0, 0.05) is 29.1 Å². The van der Waals surface area contributed by atoms with E-state index in [9.17, 15) is 19.5 Å². The van der Waals surface area contributed by atoms with Gasteiger partial charge in [-0.05, 0) is 106 Å². The maximum absolute atomic E-state index is 13.2. The molecule has 0 atom stereocenters. The number of carboxylic acids is 1. The third kappa shape index (κ3) is 6.83. The van der Waals surface area contributed by atoms with Crippen LogP contribution in [-0.2, 0) is 0 Å². The van der Waals surface area contributed by atoms with Crippen molar-refractivity contribution in [3.05, 3.63) is 82.6 Å². The highest BCUT2D eigenvalue weighted by Crippen LogP contribution is 2.42. The first-order valence-corrected chi connectivity index (χ1v) is 17.7. The summed E-state index contributed by atoms with van der Waals surface area (Å²) in [4.78, 5) is 42.7. The molecule has 5 rings (SSSR count). The first-order valence-electron chi connectivity index (χ1n) is 12.7. The first-order chi connectivity index (χ1) is 19.6. The van der Waals surface area contributed by atoms with Crippen molar-refractivity contribution < 1.29 is 19.5 Å². The third-order valence-electron chi connectivity index (χ3n) is 6.97. The van der Waals surface area contributed by atoms with Gasteiger partial charge in [-0.1, -0.05) is 55.3 Å². The molecule has 212 valence electrons. The molecule has 1 aliphatic rings. The number of amides is 1. The molecule has 4 aromatic rings. The van der Waals surface area contributed by atoms with Gasteiger partial charge >= 0.3 is 5.97 Å². The van der Waals surface area contributed by atoms with Crippen LogP contribution >= 0.6 is 86.8 Å². The van der Waals surface area contributed by atoms with Crippen molar-refractivity contribution in [3.8, 4) is 0 Å². The summed E-state index contributed by atoms with van der Waals surface area (Å²) in [5.74, 6) is -0.874. The molecular weight excluding hydrogens is 824 g/mol. The number of aromatic nitrogens is 1. The van der Waals surface area contributed by atoms with Crippen molar-refractivity contribution in [1.29, 1.82) is 0 Å². The Morgan fingerprint density at radius 1 is 0.902 bits per heavy atom. The Balaban J connectivity index is 1.27. The summed E-state index contributed by atoms with van der Waals surface area (Å²) in [7, 11) is 0. The maximum Gasteiger partial charge on any atom is 0.337 e. The lowest BCUT2D eigenvalue weighted by Gasteiger charge is -2.22. The molecule has 12 heteroatoms. The van der Waals surface area contributed by atoms with Crippen LogP contribution in [0.5, 0.6) is 0 Å². The standard InChI is InChI=1S/C29H22Br4N2O4S2/c30-23-21(22(28(38)39)24(31)26(33)25(23)32)27(37)34-17-10-11-18-20(12-17)41-29(35-18)40-13-19(36)16-8-6-15(7-9-16)14-4-2-1-3-5-14/h6-12,14H,1-5,13H2,(H,34,37)(H,38,39). The van der Waals surface area contributed by atoms with Crippen LogP contribution < -0.4 is 5.32 Å². The molecule has 6 nitrogen and oxygen atoms in total. The molecule has 0 spiro atoms. The number of hydrogen-bond donors (Lipinski definition) is 2. The average Bonchev–Trinajstić information content (AvgIpc) is 3.39. The number of aromatic carboxylic acids is 1. The number of fused-ring (bicyclic) bond motifs is 1. The van der Waals surface area contributed by atoms with Gasteiger partial charge < -0.3 is 10.4 Å². The highest BCUT2D eigenvalue weighted by atomic mass is 79.9. The number of nitrogens with one attached hydrogen (secondary N) is 1. The second-order valence-electron chi connectivity index (χ2n) is 9.60. The summed E-state index contributed by atoms with van der Waals surface area (Å²) in [6.07, 6.45) is 6.34. The summed E-state index contributed by atoms with van der Waals surface area (Å²) < 4.78 is 3.14. The van der Waals surface area contributed by atoms with Crippen molar-refractivity contribution in [1.82, 2.24) is 4.98 Å². The number of thioether (sulfide) groups is 1. The lowest BCUT2D eigenvalue weighted by atomic mass is 9.84. The van der Waals surface area contributed by atoms with Gasteiger partial charge in [0.2, 0.25) is 0 Å². The van der Waals surface area contributed by atoms with Crippen LogP contribution in [0.3, 0.4) is 0 Å². The van der Waals surface area contributed by atoms with E-state index in [4.69, 9.17) is 0 Å². The Kier molecular flexibility index (Phi) is 10.1. The van der Waals surface area contributed by atoms with E-state index in [0.29, 0.717) is 30.6 Å². The second-order valence-corrected chi connectivity index (χ2v) is 15.0. The highest BCUT2D eigenvalue weighted by Gasteiger charge is 2.28. The van der Waals surface area contributed by atoms with E-state index in [2.05, 4.69) is 86.2 Å². The van der Waals surface area contributed by atoms with E-state index < -0.39 is 11.9 Å². The van der Waals surface area contributed by atoms with Gasteiger partial charge in [0.05, 0.1) is 27.1 Å². The molecule has 1 heterocycles. The quantitative estimate of drug-likeness (QED) is 0.0794. The number of ketones is 1. The fourth-order valence-electron chi connectivity index (χ4n) is 4.87. The topological polar surface area (TPSA) is 96.4 Å². The van der Waals surface area contributed by atoms with Crippen LogP contribution in [0.4, 0.5) is 5.69 Å². The predicted octanol–water partition coefficient (Wildman–Crippen LogP) is 10.3. The van der Waals surface area contributed by atoms with E-state index in [-0.39, 0.29) is 27.1 Å². The molecule has 2 N–H and O–H groups in total. The van der Waals surface area contributed by atoms with Gasteiger partial charge in [-0.3, -0.25) is 9.59 Å². The van der Waals surface area contributed by atoms with E-state index in [1.165, 1.54) is 60.8 Å². The number of rotatable bonds is 8. The molecule has 1 fully saturated rings. The molecule has 3 aromatic carbocycles. The van der Waals surface area contributed by atoms with Crippen LogP contribution in [0, 0.1) is 0 Å². The molecule has 1 aromatic heterocycles. The maximum atomic E-state index is 13.2. The fraction of sp³-hybridized carbons (Fsp3) is 0.241. The fourth-order valence-corrected chi connectivity index (χ4v) is 9.34. The number of carboxylic acid groups (broad SMARTS) is 1. The summed E-state index contributed by atoms with van der Waals surface area (Å²) in [6, 6.07) is 13.4. The van der Waals surface area contributed by atoms with Gasteiger partial charge in [0.1, 0.15) is 0 Å². The van der Waals surface area contributed by atoms with Gasteiger partial charge in [-0.25, -0.2) is 9.78 Å². The highest BCUT2D eigenvalue weighted by molar-refractivity contribution is 9.15. The Bertz CT molecular complexity index is 1670. The zero-order chi connectivity index (χ0) is 29.3. The molecular formula is C29H22Br4N2O4S2. The molecule has 0 radical (unpaired) electrons. The van der Waals surface area contributed by atoms with Crippen molar-refractivity contribution in [2.45, 2.75) is 42.4 Å². The Labute approximate surface area is 278 Å². The number of nitrogens with zero attached hydrogens (tertiary/aromatic N) is 1. The lowest BCUT2D eigenvalue weighted by molar-refractivity contribution is 0.0691. The van der Waals surface area contributed by atoms with E-state index >= 15 is 0 Å². The predicted molar refractivity (Wildman–Crippen MR) is 179 cm³/mol. The van der Waals surface area contributed by atoms with Gasteiger partial charge in [0.25, 0.3) is 5.91 Å². The van der Waals surface area contributed by atoms with Gasteiger partial charge in [-0.15, -0.1) is 11.3 Å². The van der Waals surface area contributed by atoms with E-state index in [1.807, 2.05) is 12.1 Å². The molecule has 1 aliphatic carbocycles. The second kappa shape index (κ2) is 13.4. The van der Waals surface area contributed by atoms with Crippen molar-refractivity contribution >= 4 is 120 Å². The molecule has 0 bridgehead atoms. The van der Waals surface area contributed by atoms with Crippen LogP contribution in [-0.4, -0.2) is 33.5 Å². The number of carbonyl (C=O) groups is 3. The Hall–Kier alpha value is -1.57. The number of carbonyl (C=O) groups excluding carboxylic acids is 2. The minimum absolute atomic E-state index is 0.0228. The molecule has 1 amide bonds. The number of halogens is 4. The number of hydrogen-bond acceptors (Lipinski definition) is 6. The largest absolute Gasteiger partial charge is 0.478 e. The van der Waals surface area contributed by atoms with Crippen LogP contribution in [0.25, 0.3) is 10.2 Å². The zero-order valence-corrected chi connectivity index (χ0v) is 29.3. The van der Waals surface area contributed by atoms with Crippen LogP contribution in [0.15, 0.2) is 64.7 Å². The van der Waals surface area contributed by atoms with Crippen molar-refractivity contribution in [2.24, 2.45) is 0 Å². The molecule has 1 saturated carbocycles. The molecule has 41 heavy (non-hydrogen) atoms. The summed E-state index contributed by atoms with van der Waals surface area (Å²) >= 11 is 16.2. The van der Waals surface area contributed by atoms with Crippen molar-refractivity contribution in [3.63, 3.8) is 0 Å². The lowest BCUT2D eigenvalue weighted by Crippen LogP contribution is -2.18. The van der Waals surface area contributed by atoms with E-state index in [1.54, 1.807) is 18.2 Å². The average molecular weight is 846 g/mol. The number of benzene rings is 3. The van der Waals surface area contributed by atoms with E-state index in [0.717, 1.165) is 14.6 Å². The van der Waals surface area contributed by atoms with Crippen molar-refractivity contribution in [2.75, 3.05) is 11.1 Å². The monoisotopic (exact) mass is 842 g/mol.